The van der Waals surface area contributed by atoms with Gasteiger partial charge in [0.1, 0.15) is 0 Å². The molecule has 0 heterocycles. The summed E-state index contributed by atoms with van der Waals surface area (Å²) < 4.78 is 27.1. The van der Waals surface area contributed by atoms with E-state index in [1.54, 1.807) is 31.2 Å². The number of rotatable bonds is 5. The van der Waals surface area contributed by atoms with E-state index in [0.717, 1.165) is 5.56 Å². The van der Waals surface area contributed by atoms with E-state index in [1.165, 1.54) is 6.07 Å². The zero-order chi connectivity index (χ0) is 15.5. The number of nitrogen functional groups attached to an aromatic ring is 1. The zero-order valence-corrected chi connectivity index (χ0v) is 13.2. The van der Waals surface area contributed by atoms with Gasteiger partial charge >= 0.3 is 0 Å². The highest BCUT2D eigenvalue weighted by Gasteiger charge is 2.16. The summed E-state index contributed by atoms with van der Waals surface area (Å²) in [6.45, 7) is 2.05. The molecule has 6 heteroatoms. The first-order valence-corrected chi connectivity index (χ1v) is 8.35. The smallest absolute Gasteiger partial charge is 0.240 e. The largest absolute Gasteiger partial charge is 0.399 e. The molecule has 0 aliphatic heterocycles. The molecular weight excluding hydrogens is 308 g/mol. The number of anilines is 1. The average Bonchev–Trinajstić information content (AvgIpc) is 2.40. The van der Waals surface area contributed by atoms with Crippen LogP contribution in [0.25, 0.3) is 0 Å². The molecule has 2 rings (SSSR count). The number of nitrogens with two attached hydrogens (primary N) is 1. The number of hydrogen-bond donors (Lipinski definition) is 2. The molecule has 21 heavy (non-hydrogen) atoms. The van der Waals surface area contributed by atoms with Crippen molar-refractivity contribution in [2.24, 2.45) is 0 Å². The number of nitrogens with one attached hydrogen (secondary N) is 1. The van der Waals surface area contributed by atoms with Gasteiger partial charge in [-0.15, -0.1) is 0 Å². The van der Waals surface area contributed by atoms with E-state index in [9.17, 15) is 8.42 Å². The van der Waals surface area contributed by atoms with E-state index >= 15 is 0 Å². The van der Waals surface area contributed by atoms with Crippen LogP contribution in [0.3, 0.4) is 0 Å². The normalized spacial score (nSPS) is 11.5. The summed E-state index contributed by atoms with van der Waals surface area (Å²) in [6.07, 6.45) is 0.602. The molecule has 0 atom stereocenters. The van der Waals surface area contributed by atoms with Crippen molar-refractivity contribution in [1.82, 2.24) is 4.72 Å². The van der Waals surface area contributed by atoms with E-state index in [0.29, 0.717) is 29.2 Å². The highest BCUT2D eigenvalue weighted by atomic mass is 35.5. The highest BCUT2D eigenvalue weighted by Crippen LogP contribution is 2.17. The van der Waals surface area contributed by atoms with Crippen molar-refractivity contribution in [2.75, 3.05) is 12.3 Å². The maximum absolute atomic E-state index is 12.2. The van der Waals surface area contributed by atoms with E-state index < -0.39 is 10.0 Å². The summed E-state index contributed by atoms with van der Waals surface area (Å²) in [6, 6.07) is 12.1. The molecule has 0 unspecified atom stereocenters. The van der Waals surface area contributed by atoms with Gasteiger partial charge in [-0.1, -0.05) is 23.7 Å². The zero-order valence-electron chi connectivity index (χ0n) is 11.6. The van der Waals surface area contributed by atoms with Gasteiger partial charge in [-0.3, -0.25) is 0 Å². The van der Waals surface area contributed by atoms with E-state index in [4.69, 9.17) is 17.3 Å². The Morgan fingerprint density at radius 3 is 2.43 bits per heavy atom. The molecule has 2 aromatic rings. The lowest BCUT2D eigenvalue weighted by Crippen LogP contribution is -2.26. The molecule has 3 N–H and O–H groups in total. The van der Waals surface area contributed by atoms with Crippen molar-refractivity contribution in [3.05, 3.63) is 58.6 Å². The van der Waals surface area contributed by atoms with E-state index in [1.807, 2.05) is 12.1 Å². The van der Waals surface area contributed by atoms with Crippen molar-refractivity contribution in [1.29, 1.82) is 0 Å². The van der Waals surface area contributed by atoms with Crippen LogP contribution in [0.4, 0.5) is 5.69 Å². The summed E-state index contributed by atoms with van der Waals surface area (Å²) >= 11 is 5.81. The van der Waals surface area contributed by atoms with Crippen molar-refractivity contribution in [3.63, 3.8) is 0 Å². The molecular formula is C15H17ClN2O2S. The molecule has 0 aliphatic carbocycles. The Balaban J connectivity index is 2.03. The molecule has 0 aliphatic rings. The maximum Gasteiger partial charge on any atom is 0.240 e. The summed E-state index contributed by atoms with van der Waals surface area (Å²) in [7, 11) is -3.52. The van der Waals surface area contributed by atoms with E-state index in [2.05, 4.69) is 4.72 Å². The molecule has 0 radical (unpaired) electrons. The monoisotopic (exact) mass is 324 g/mol. The Hall–Kier alpha value is -1.56. The summed E-state index contributed by atoms with van der Waals surface area (Å²) in [4.78, 5) is 0.257. The average molecular weight is 325 g/mol. The fourth-order valence-corrected chi connectivity index (χ4v) is 3.41. The second-order valence-electron chi connectivity index (χ2n) is 4.80. The second-order valence-corrected chi connectivity index (χ2v) is 6.97. The number of benzene rings is 2. The van der Waals surface area contributed by atoms with Gasteiger partial charge in [0.2, 0.25) is 10.0 Å². The molecule has 0 fully saturated rings. The molecule has 2 aromatic carbocycles. The molecule has 0 saturated carbocycles. The molecule has 0 amide bonds. The molecule has 0 aromatic heterocycles. The first kappa shape index (κ1) is 15.8. The summed E-state index contributed by atoms with van der Waals surface area (Å²) in [5.74, 6) is 0. The third-order valence-electron chi connectivity index (χ3n) is 3.11. The fourth-order valence-electron chi connectivity index (χ4n) is 2.03. The lowest BCUT2D eigenvalue weighted by molar-refractivity contribution is 0.581. The second kappa shape index (κ2) is 6.47. The quantitative estimate of drug-likeness (QED) is 0.831. The van der Waals surface area contributed by atoms with Crippen LogP contribution in [0.2, 0.25) is 5.02 Å². The van der Waals surface area contributed by atoms with Crippen molar-refractivity contribution >= 4 is 27.3 Å². The van der Waals surface area contributed by atoms with Crippen LogP contribution in [0.15, 0.2) is 47.4 Å². The van der Waals surface area contributed by atoms with Crippen LogP contribution >= 0.6 is 11.6 Å². The van der Waals surface area contributed by atoms with Crippen LogP contribution in [-0.2, 0) is 16.4 Å². The van der Waals surface area contributed by atoms with Crippen LogP contribution in [0, 0.1) is 6.92 Å². The number of aryl methyl sites for hydroxylation is 1. The first-order valence-electron chi connectivity index (χ1n) is 6.49. The highest BCUT2D eigenvalue weighted by molar-refractivity contribution is 7.89. The molecule has 0 bridgehead atoms. The van der Waals surface area contributed by atoms with Gasteiger partial charge in [-0.05, 0) is 54.8 Å². The minimum atomic E-state index is -3.52. The number of hydrogen-bond acceptors (Lipinski definition) is 3. The predicted octanol–water partition coefficient (Wildman–Crippen LogP) is 2.75. The van der Waals surface area contributed by atoms with Gasteiger partial charge in [0, 0.05) is 17.3 Å². The topological polar surface area (TPSA) is 72.2 Å². The summed E-state index contributed by atoms with van der Waals surface area (Å²) in [5.41, 5.74) is 7.84. The number of sulfonamides is 1. The SMILES string of the molecule is Cc1cc(N)ccc1S(=O)(=O)NCCc1ccc(Cl)cc1. The summed E-state index contributed by atoms with van der Waals surface area (Å²) in [5, 5.41) is 0.664. The lowest BCUT2D eigenvalue weighted by atomic mass is 10.2. The van der Waals surface area contributed by atoms with Crippen LogP contribution in [0.1, 0.15) is 11.1 Å². The van der Waals surface area contributed by atoms with Crippen LogP contribution < -0.4 is 10.5 Å². The van der Waals surface area contributed by atoms with E-state index in [-0.39, 0.29) is 4.90 Å². The Bertz CT molecular complexity index is 728. The Morgan fingerprint density at radius 1 is 1.14 bits per heavy atom. The predicted molar refractivity (Wildman–Crippen MR) is 85.9 cm³/mol. The molecule has 112 valence electrons. The van der Waals surface area contributed by atoms with Gasteiger partial charge in [0.15, 0.2) is 0 Å². The van der Waals surface area contributed by atoms with Crippen LogP contribution in [0.5, 0.6) is 0 Å². The maximum atomic E-state index is 12.2. The molecule has 4 nitrogen and oxygen atoms in total. The number of halogens is 1. The third kappa shape index (κ3) is 4.20. The van der Waals surface area contributed by atoms with Gasteiger partial charge in [-0.2, -0.15) is 0 Å². The van der Waals surface area contributed by atoms with Gasteiger partial charge in [-0.25, -0.2) is 13.1 Å². The first-order chi connectivity index (χ1) is 9.88. The van der Waals surface area contributed by atoms with Crippen molar-refractivity contribution < 1.29 is 8.42 Å². The lowest BCUT2D eigenvalue weighted by Gasteiger charge is -2.10. The standard InChI is InChI=1S/C15H17ClN2O2S/c1-11-10-14(17)6-7-15(11)21(19,20)18-9-8-12-2-4-13(16)5-3-12/h2-7,10,18H,8-9,17H2,1H3. The molecule has 0 spiro atoms. The Kier molecular flexibility index (Phi) is 4.88. The van der Waals surface area contributed by atoms with Gasteiger partial charge in [0.05, 0.1) is 4.90 Å². The third-order valence-corrected chi connectivity index (χ3v) is 4.98. The van der Waals surface area contributed by atoms with Gasteiger partial charge in [0.25, 0.3) is 0 Å². The minimum absolute atomic E-state index is 0.257. The minimum Gasteiger partial charge on any atom is -0.399 e. The van der Waals surface area contributed by atoms with Crippen LogP contribution in [-0.4, -0.2) is 15.0 Å². The molecule has 0 saturated heterocycles. The fraction of sp³-hybridized carbons (Fsp3) is 0.200. The van der Waals surface area contributed by atoms with Crippen molar-refractivity contribution in [3.8, 4) is 0 Å². The Labute approximate surface area is 130 Å². The Morgan fingerprint density at radius 2 is 1.81 bits per heavy atom. The van der Waals surface area contributed by atoms with Gasteiger partial charge < -0.3 is 5.73 Å². The van der Waals surface area contributed by atoms with Crippen molar-refractivity contribution in [2.45, 2.75) is 18.2 Å².